The molecule has 2 atom stereocenters. The molecule has 142 valence electrons. The largest absolute Gasteiger partial charge is 0.373 e. The Morgan fingerprint density at radius 2 is 2.04 bits per heavy atom. The summed E-state index contributed by atoms with van der Waals surface area (Å²) in [5.74, 6) is 0.494. The number of carbonyl (C=O) groups is 2. The molecule has 0 amide bonds. The van der Waals surface area contributed by atoms with Gasteiger partial charge < -0.3 is 15.5 Å². The average Bonchev–Trinajstić information content (AvgIpc) is 2.82. The van der Waals surface area contributed by atoms with Crippen molar-refractivity contribution in [2.75, 3.05) is 25.5 Å². The van der Waals surface area contributed by atoms with Gasteiger partial charge in [0.1, 0.15) is 12.1 Å². The van der Waals surface area contributed by atoms with Gasteiger partial charge in [0.25, 0.3) is 0 Å². The van der Waals surface area contributed by atoms with Crippen molar-refractivity contribution in [2.45, 2.75) is 31.3 Å². The number of Topliss-reactive ketones (excluding diaryl/α,β-unsaturated/α-hetero) is 1. The van der Waals surface area contributed by atoms with Gasteiger partial charge in [-0.2, -0.15) is 0 Å². The average molecular weight is 386 g/mol. The molecule has 27 heavy (non-hydrogen) atoms. The van der Waals surface area contributed by atoms with Gasteiger partial charge in [-0.3, -0.25) is 9.59 Å². The number of hydrogen-bond acceptors (Lipinski definition) is 5. The summed E-state index contributed by atoms with van der Waals surface area (Å²) >= 11 is 6.49. The fourth-order valence-electron chi connectivity index (χ4n) is 4.13. The van der Waals surface area contributed by atoms with Gasteiger partial charge in [-0.25, -0.2) is 0 Å². The first-order valence-corrected chi connectivity index (χ1v) is 9.85. The summed E-state index contributed by atoms with van der Waals surface area (Å²) in [6, 6.07) is 4.46. The molecule has 6 heteroatoms. The molecule has 4 rings (SSSR count). The van der Waals surface area contributed by atoms with Gasteiger partial charge in [0.05, 0.1) is 0 Å². The highest BCUT2D eigenvalue weighted by Crippen LogP contribution is 2.37. The molecule has 2 unspecified atom stereocenters. The zero-order chi connectivity index (χ0) is 19.0. The molecule has 1 fully saturated rings. The predicted molar refractivity (Wildman–Crippen MR) is 107 cm³/mol. The van der Waals surface area contributed by atoms with E-state index in [1.807, 2.05) is 18.2 Å². The molecular weight excluding hydrogens is 362 g/mol. The van der Waals surface area contributed by atoms with Crippen molar-refractivity contribution in [2.24, 2.45) is 5.92 Å². The third-order valence-electron chi connectivity index (χ3n) is 5.73. The topological polar surface area (TPSA) is 61.4 Å². The van der Waals surface area contributed by atoms with E-state index in [1.54, 1.807) is 18.2 Å². The van der Waals surface area contributed by atoms with Crippen LogP contribution in [-0.2, 0) is 9.59 Å². The van der Waals surface area contributed by atoms with Crippen LogP contribution < -0.4 is 10.6 Å². The van der Waals surface area contributed by atoms with Crippen LogP contribution in [0.15, 0.2) is 42.1 Å². The second-order valence-corrected chi connectivity index (χ2v) is 8.06. The molecule has 1 aromatic rings. The summed E-state index contributed by atoms with van der Waals surface area (Å²) in [4.78, 5) is 27.9. The number of halogens is 1. The van der Waals surface area contributed by atoms with E-state index in [4.69, 9.17) is 11.6 Å². The third-order valence-corrected chi connectivity index (χ3v) is 6.06. The molecule has 2 heterocycles. The summed E-state index contributed by atoms with van der Waals surface area (Å²) in [5.41, 5.74) is 2.20. The smallest absolute Gasteiger partial charge is 0.183 e. The lowest BCUT2D eigenvalue weighted by Crippen LogP contribution is -2.38. The summed E-state index contributed by atoms with van der Waals surface area (Å²) in [5, 5.41) is 7.13. The molecule has 0 saturated carbocycles. The number of nitrogens with zero attached hydrogens (tertiary/aromatic N) is 1. The molecule has 0 radical (unpaired) electrons. The maximum atomic E-state index is 13.3. The molecule has 1 aliphatic carbocycles. The van der Waals surface area contributed by atoms with Crippen LogP contribution in [0.5, 0.6) is 0 Å². The number of likely N-dealkylation sites (tertiary alicyclic amines) is 1. The van der Waals surface area contributed by atoms with Crippen molar-refractivity contribution in [3.63, 3.8) is 0 Å². The Morgan fingerprint density at radius 1 is 1.26 bits per heavy atom. The second-order valence-electron chi connectivity index (χ2n) is 7.66. The lowest BCUT2D eigenvalue weighted by Gasteiger charge is -2.30. The quantitative estimate of drug-likeness (QED) is 0.837. The number of rotatable bonds is 3. The van der Waals surface area contributed by atoms with Gasteiger partial charge in [0.15, 0.2) is 11.6 Å². The first-order valence-electron chi connectivity index (χ1n) is 9.48. The minimum absolute atomic E-state index is 0.0330. The van der Waals surface area contributed by atoms with E-state index in [0.717, 1.165) is 42.9 Å². The van der Waals surface area contributed by atoms with Crippen LogP contribution in [0.3, 0.4) is 0 Å². The highest BCUT2D eigenvalue weighted by atomic mass is 35.5. The van der Waals surface area contributed by atoms with E-state index < -0.39 is 12.1 Å². The van der Waals surface area contributed by atoms with Crippen molar-refractivity contribution in [1.82, 2.24) is 10.2 Å². The highest BCUT2D eigenvalue weighted by molar-refractivity contribution is 6.32. The highest BCUT2D eigenvalue weighted by Gasteiger charge is 2.35. The van der Waals surface area contributed by atoms with Gasteiger partial charge in [-0.15, -0.1) is 0 Å². The predicted octanol–water partition coefficient (Wildman–Crippen LogP) is 3.09. The van der Waals surface area contributed by atoms with Crippen LogP contribution >= 0.6 is 11.6 Å². The minimum Gasteiger partial charge on any atom is -0.373 e. The van der Waals surface area contributed by atoms with Crippen molar-refractivity contribution in [1.29, 1.82) is 0 Å². The van der Waals surface area contributed by atoms with Crippen LogP contribution in [-0.4, -0.2) is 42.6 Å². The summed E-state index contributed by atoms with van der Waals surface area (Å²) in [6.07, 6.45) is 7.73. The van der Waals surface area contributed by atoms with E-state index in [0.29, 0.717) is 17.4 Å². The molecule has 2 aliphatic heterocycles. The van der Waals surface area contributed by atoms with Crippen LogP contribution in [0.2, 0.25) is 5.02 Å². The van der Waals surface area contributed by atoms with E-state index in [2.05, 4.69) is 22.6 Å². The molecule has 0 aromatic heterocycles. The lowest BCUT2D eigenvalue weighted by molar-refractivity contribution is -0.122. The second kappa shape index (κ2) is 7.49. The molecule has 2 N–H and O–H groups in total. The fraction of sp³-hybridized carbons (Fsp3) is 0.429. The first-order chi connectivity index (χ1) is 13.0. The third kappa shape index (κ3) is 3.66. The molecule has 0 spiro atoms. The molecule has 5 nitrogen and oxygen atoms in total. The van der Waals surface area contributed by atoms with Gasteiger partial charge >= 0.3 is 0 Å². The Hall–Kier alpha value is -2.11. The number of carbonyl (C=O) groups excluding carboxylic acids is 2. The van der Waals surface area contributed by atoms with Crippen molar-refractivity contribution < 1.29 is 9.59 Å². The Labute approximate surface area is 164 Å². The minimum atomic E-state index is -0.545. The Bertz CT molecular complexity index is 825. The molecule has 1 saturated heterocycles. The summed E-state index contributed by atoms with van der Waals surface area (Å²) in [7, 11) is 2.12. The van der Waals surface area contributed by atoms with Gasteiger partial charge in [0, 0.05) is 28.4 Å². The summed E-state index contributed by atoms with van der Waals surface area (Å²) in [6.45, 7) is 2.06. The van der Waals surface area contributed by atoms with E-state index in [1.165, 1.54) is 0 Å². The van der Waals surface area contributed by atoms with Crippen LogP contribution in [0, 0.1) is 5.92 Å². The fourth-order valence-corrected chi connectivity index (χ4v) is 4.42. The molecular formula is C21H24ClN3O2. The monoisotopic (exact) mass is 385 g/mol. The molecule has 0 bridgehead atoms. The van der Waals surface area contributed by atoms with Gasteiger partial charge in [-0.05, 0) is 63.2 Å². The number of fused-ring (bicyclic) bond motifs is 2. The first kappa shape index (κ1) is 18.3. The maximum absolute atomic E-state index is 13.3. The molecule has 1 aromatic carbocycles. The summed E-state index contributed by atoms with van der Waals surface area (Å²) < 4.78 is 0. The number of anilines is 1. The van der Waals surface area contributed by atoms with Gasteiger partial charge in [0.2, 0.25) is 0 Å². The Kier molecular flexibility index (Phi) is 5.06. The maximum Gasteiger partial charge on any atom is 0.183 e. The van der Waals surface area contributed by atoms with Gasteiger partial charge in [-0.1, -0.05) is 23.7 Å². The van der Waals surface area contributed by atoms with E-state index in [9.17, 15) is 9.59 Å². The zero-order valence-electron chi connectivity index (χ0n) is 15.4. The van der Waals surface area contributed by atoms with Crippen LogP contribution in [0.25, 0.3) is 0 Å². The molecule has 3 aliphatic rings. The van der Waals surface area contributed by atoms with E-state index in [-0.39, 0.29) is 11.6 Å². The van der Waals surface area contributed by atoms with Crippen molar-refractivity contribution in [3.8, 4) is 0 Å². The zero-order valence-corrected chi connectivity index (χ0v) is 16.1. The normalized spacial score (nSPS) is 25.6. The Balaban J connectivity index is 1.64. The van der Waals surface area contributed by atoms with E-state index >= 15 is 0 Å². The number of nitrogens with one attached hydrogen (secondary N) is 2. The van der Waals surface area contributed by atoms with Crippen LogP contribution in [0.4, 0.5) is 5.69 Å². The number of piperidine rings is 1. The Morgan fingerprint density at radius 3 is 2.81 bits per heavy atom. The SMILES string of the molecule is CN1CCC(CC(=O)C2NC3=CC=CC(=O)C3Nc3cccc(Cl)c32)CC1. The number of allylic oxidation sites excluding steroid dienone is 2. The number of hydrogen-bond donors (Lipinski definition) is 2. The number of benzene rings is 1. The van der Waals surface area contributed by atoms with Crippen molar-refractivity contribution >= 4 is 28.9 Å². The number of ketones is 2. The lowest BCUT2D eigenvalue weighted by atomic mass is 9.88. The van der Waals surface area contributed by atoms with Crippen LogP contribution in [0.1, 0.15) is 30.9 Å². The standard InChI is InChI=1S/C21H24ClN3O2/c1-25-10-8-13(9-11-25)12-18(27)21-19-14(22)4-2-5-15(19)23-20-16(24-21)6-3-7-17(20)26/h2-7,13,20-21,23-24H,8-12H2,1H3. The van der Waals surface area contributed by atoms with Crippen molar-refractivity contribution in [3.05, 3.63) is 52.7 Å².